The van der Waals surface area contributed by atoms with Crippen molar-refractivity contribution >= 4 is 0 Å². The molecule has 76 valence electrons. The molecule has 3 aliphatic rings. The van der Waals surface area contributed by atoms with Gasteiger partial charge in [-0.25, -0.2) is 0 Å². The molecule has 0 nitrogen and oxygen atoms in total. The Bertz CT molecular complexity index is 184. The zero-order valence-electron chi connectivity index (χ0n) is 9.53. The summed E-state index contributed by atoms with van der Waals surface area (Å²) in [5.41, 5.74) is 1.50. The molecule has 0 saturated heterocycles. The predicted octanol–water partition coefficient (Wildman–Crippen LogP) is 4.39. The minimum atomic E-state index is 0.731. The maximum absolute atomic E-state index is 2.51. The summed E-state index contributed by atoms with van der Waals surface area (Å²) < 4.78 is 0. The van der Waals surface area contributed by atoms with E-state index in [0.29, 0.717) is 0 Å². The van der Waals surface area contributed by atoms with Crippen LogP contribution >= 0.6 is 0 Å². The topological polar surface area (TPSA) is 0 Å². The van der Waals surface area contributed by atoms with Gasteiger partial charge in [0.25, 0.3) is 0 Å². The largest absolute Gasteiger partial charge is 0.0654 e. The Morgan fingerprint density at radius 3 is 2.23 bits per heavy atom. The summed E-state index contributed by atoms with van der Waals surface area (Å²) in [6.45, 7) is 7.37. The van der Waals surface area contributed by atoms with Crippen molar-refractivity contribution in [2.75, 3.05) is 0 Å². The first kappa shape index (κ1) is 9.55. The zero-order valence-corrected chi connectivity index (χ0v) is 9.53. The predicted molar refractivity (Wildman–Crippen MR) is 57.7 cm³/mol. The second-order valence-corrected chi connectivity index (χ2v) is 6.03. The molecule has 0 amide bonds. The first-order valence-corrected chi connectivity index (χ1v) is 6.10. The van der Waals surface area contributed by atoms with Crippen molar-refractivity contribution in [1.29, 1.82) is 0 Å². The highest BCUT2D eigenvalue weighted by atomic mass is 14.5. The van der Waals surface area contributed by atoms with Crippen molar-refractivity contribution in [3.8, 4) is 0 Å². The highest BCUT2D eigenvalue weighted by Gasteiger charge is 2.49. The number of rotatable bonds is 2. The van der Waals surface area contributed by atoms with E-state index in [9.17, 15) is 0 Å². The van der Waals surface area contributed by atoms with Gasteiger partial charge in [-0.2, -0.15) is 0 Å². The van der Waals surface area contributed by atoms with Crippen molar-refractivity contribution in [2.24, 2.45) is 16.7 Å². The van der Waals surface area contributed by atoms with Crippen LogP contribution in [0.25, 0.3) is 0 Å². The molecule has 0 aliphatic heterocycles. The molecule has 1 atom stereocenters. The molecule has 0 heteroatoms. The molecule has 3 aliphatic carbocycles. The average molecular weight is 180 g/mol. The second kappa shape index (κ2) is 3.00. The van der Waals surface area contributed by atoms with Gasteiger partial charge < -0.3 is 0 Å². The number of fused-ring (bicyclic) bond motifs is 3. The molecule has 0 radical (unpaired) electrons. The van der Waals surface area contributed by atoms with E-state index in [1.165, 1.54) is 44.9 Å². The lowest BCUT2D eigenvalue weighted by molar-refractivity contribution is -0.0534. The van der Waals surface area contributed by atoms with Crippen LogP contribution in [0.4, 0.5) is 0 Å². The van der Waals surface area contributed by atoms with E-state index in [1.807, 2.05) is 0 Å². The zero-order chi connectivity index (χ0) is 9.53. The highest BCUT2D eigenvalue weighted by molar-refractivity contribution is 5.00. The molecule has 3 rings (SSSR count). The van der Waals surface area contributed by atoms with Crippen LogP contribution in [0.2, 0.25) is 0 Å². The van der Waals surface area contributed by atoms with Gasteiger partial charge in [0.05, 0.1) is 0 Å². The molecule has 0 aromatic heterocycles. The van der Waals surface area contributed by atoms with Gasteiger partial charge in [-0.3, -0.25) is 0 Å². The van der Waals surface area contributed by atoms with Crippen LogP contribution in [0.1, 0.15) is 65.7 Å². The van der Waals surface area contributed by atoms with Crippen LogP contribution in [-0.4, -0.2) is 0 Å². The molecular weight excluding hydrogens is 156 g/mol. The van der Waals surface area contributed by atoms with Crippen molar-refractivity contribution in [1.82, 2.24) is 0 Å². The molecule has 0 heterocycles. The minimum Gasteiger partial charge on any atom is -0.0654 e. The normalized spacial score (nSPS) is 49.6. The van der Waals surface area contributed by atoms with E-state index in [0.717, 1.165) is 16.7 Å². The smallest absolute Gasteiger partial charge is 0.0271 e. The monoisotopic (exact) mass is 180 g/mol. The minimum absolute atomic E-state index is 0.731. The molecule has 0 aromatic rings. The quantitative estimate of drug-likeness (QED) is 0.591. The standard InChI is InChI=1S/C13H24/c1-4-5-13-8-6-12(3,7-9-13)10-11(13)2/h11H,4-10H2,1-3H3. The van der Waals surface area contributed by atoms with Crippen molar-refractivity contribution in [3.05, 3.63) is 0 Å². The summed E-state index contributed by atoms with van der Waals surface area (Å²) in [5, 5.41) is 0. The van der Waals surface area contributed by atoms with E-state index in [4.69, 9.17) is 0 Å². The maximum Gasteiger partial charge on any atom is -0.0271 e. The van der Waals surface area contributed by atoms with Gasteiger partial charge >= 0.3 is 0 Å². The average Bonchev–Trinajstić information content (AvgIpc) is 2.08. The molecule has 0 aromatic carbocycles. The van der Waals surface area contributed by atoms with Crippen LogP contribution < -0.4 is 0 Å². The fourth-order valence-corrected chi connectivity index (χ4v) is 4.00. The lowest BCUT2D eigenvalue weighted by atomic mass is 9.49. The van der Waals surface area contributed by atoms with Gasteiger partial charge in [-0.15, -0.1) is 0 Å². The highest BCUT2D eigenvalue weighted by Crippen LogP contribution is 2.61. The van der Waals surface area contributed by atoms with Crippen LogP contribution in [0.3, 0.4) is 0 Å². The lowest BCUT2D eigenvalue weighted by Crippen LogP contribution is -2.45. The number of hydrogen-bond donors (Lipinski definition) is 0. The van der Waals surface area contributed by atoms with Gasteiger partial charge in [0, 0.05) is 0 Å². The maximum atomic E-state index is 2.51. The van der Waals surface area contributed by atoms with E-state index < -0.39 is 0 Å². The van der Waals surface area contributed by atoms with Gasteiger partial charge in [0.1, 0.15) is 0 Å². The Morgan fingerprint density at radius 1 is 1.15 bits per heavy atom. The SMILES string of the molecule is CCCC12CCC(C)(CC1)CC2C. The van der Waals surface area contributed by atoms with E-state index in [2.05, 4.69) is 20.8 Å². The van der Waals surface area contributed by atoms with E-state index >= 15 is 0 Å². The van der Waals surface area contributed by atoms with Crippen molar-refractivity contribution in [3.63, 3.8) is 0 Å². The van der Waals surface area contributed by atoms with Crippen molar-refractivity contribution < 1.29 is 0 Å². The van der Waals surface area contributed by atoms with Crippen LogP contribution in [0.15, 0.2) is 0 Å². The van der Waals surface area contributed by atoms with Crippen LogP contribution in [-0.2, 0) is 0 Å². The Labute approximate surface area is 83.1 Å². The third-order valence-electron chi connectivity index (χ3n) is 5.05. The van der Waals surface area contributed by atoms with Crippen LogP contribution in [0, 0.1) is 16.7 Å². The summed E-state index contributed by atoms with van der Waals surface area (Å²) >= 11 is 0. The van der Waals surface area contributed by atoms with Gasteiger partial charge in [-0.05, 0) is 55.3 Å². The Hall–Kier alpha value is 0. The third-order valence-corrected chi connectivity index (χ3v) is 5.05. The summed E-state index contributed by atoms with van der Waals surface area (Å²) in [6.07, 6.45) is 10.5. The van der Waals surface area contributed by atoms with E-state index in [-0.39, 0.29) is 0 Å². The van der Waals surface area contributed by atoms with Crippen LogP contribution in [0.5, 0.6) is 0 Å². The second-order valence-electron chi connectivity index (χ2n) is 6.03. The Kier molecular flexibility index (Phi) is 2.20. The molecule has 13 heavy (non-hydrogen) atoms. The molecule has 2 bridgehead atoms. The molecule has 0 spiro atoms. The molecule has 3 fully saturated rings. The van der Waals surface area contributed by atoms with Crippen molar-refractivity contribution in [2.45, 2.75) is 65.7 Å². The first-order valence-electron chi connectivity index (χ1n) is 6.10. The lowest BCUT2D eigenvalue weighted by Gasteiger charge is -2.56. The fraction of sp³-hybridized carbons (Fsp3) is 1.00. The molecular formula is C13H24. The third kappa shape index (κ3) is 1.43. The Morgan fingerprint density at radius 2 is 1.77 bits per heavy atom. The van der Waals surface area contributed by atoms with Gasteiger partial charge in [0.15, 0.2) is 0 Å². The summed E-state index contributed by atoms with van der Waals surface area (Å²) in [7, 11) is 0. The summed E-state index contributed by atoms with van der Waals surface area (Å²) in [5.74, 6) is 1.000. The summed E-state index contributed by atoms with van der Waals surface area (Å²) in [4.78, 5) is 0. The molecule has 1 unspecified atom stereocenters. The first-order chi connectivity index (χ1) is 6.10. The fourth-order valence-electron chi connectivity index (χ4n) is 4.00. The molecule has 3 saturated carbocycles. The summed E-state index contributed by atoms with van der Waals surface area (Å²) in [6, 6.07) is 0. The Balaban J connectivity index is 2.14. The van der Waals surface area contributed by atoms with Gasteiger partial charge in [-0.1, -0.05) is 27.2 Å². The van der Waals surface area contributed by atoms with Gasteiger partial charge in [0.2, 0.25) is 0 Å². The molecule has 0 N–H and O–H groups in total. The van der Waals surface area contributed by atoms with E-state index in [1.54, 1.807) is 0 Å². The number of hydrogen-bond acceptors (Lipinski definition) is 0.